The average Bonchev–Trinajstić information content (AvgIpc) is 2.41. The highest BCUT2D eigenvalue weighted by atomic mass is 35.5. The number of carbonyl (C=O) groups excluding carboxylic acids is 1. The van der Waals surface area contributed by atoms with Gasteiger partial charge in [0, 0.05) is 18.0 Å². The number of thiol groups is 1. The van der Waals surface area contributed by atoms with Gasteiger partial charge in [-0.25, -0.2) is 0 Å². The van der Waals surface area contributed by atoms with Gasteiger partial charge in [0.1, 0.15) is 0 Å². The zero-order valence-corrected chi connectivity index (χ0v) is 12.2. The normalized spacial score (nSPS) is 16.6. The van der Waals surface area contributed by atoms with Crippen molar-refractivity contribution >= 4 is 30.1 Å². The Hall–Kier alpha value is -0.670. The Balaban J connectivity index is 2.16. The topological polar surface area (TPSA) is 20.3 Å². The van der Waals surface area contributed by atoms with E-state index in [4.69, 9.17) is 11.6 Å². The fourth-order valence-corrected chi connectivity index (χ4v) is 2.90. The van der Waals surface area contributed by atoms with Crippen molar-refractivity contribution in [2.45, 2.75) is 43.0 Å². The van der Waals surface area contributed by atoms with E-state index in [-0.39, 0.29) is 5.91 Å². The van der Waals surface area contributed by atoms with Gasteiger partial charge in [-0.05, 0) is 31.0 Å². The molecule has 0 aliphatic heterocycles. The quantitative estimate of drug-likeness (QED) is 0.813. The first kappa shape index (κ1) is 13.8. The van der Waals surface area contributed by atoms with E-state index in [0.29, 0.717) is 16.6 Å². The summed E-state index contributed by atoms with van der Waals surface area (Å²) in [6, 6.07) is 5.62. The SMILES string of the molecule is CN(C(=O)c1cc(S)ccc1Cl)C1CCCCC1. The standard InChI is InChI=1S/C14H18ClNOS/c1-16(10-5-3-2-4-6-10)14(17)12-9-11(18)7-8-13(12)15/h7-10,18H,2-6H2,1H3. The van der Waals surface area contributed by atoms with E-state index in [2.05, 4.69) is 12.6 Å². The third-order valence-corrected chi connectivity index (χ3v) is 4.23. The van der Waals surface area contributed by atoms with E-state index in [9.17, 15) is 4.79 Å². The van der Waals surface area contributed by atoms with E-state index in [1.54, 1.807) is 18.2 Å². The Kier molecular flexibility index (Phi) is 4.57. The van der Waals surface area contributed by atoms with Crippen LogP contribution in [0.1, 0.15) is 42.5 Å². The lowest BCUT2D eigenvalue weighted by molar-refractivity contribution is 0.0696. The minimum atomic E-state index is 0.00259. The summed E-state index contributed by atoms with van der Waals surface area (Å²) in [5.74, 6) is 0.00259. The van der Waals surface area contributed by atoms with Gasteiger partial charge >= 0.3 is 0 Å². The van der Waals surface area contributed by atoms with Crippen molar-refractivity contribution < 1.29 is 4.79 Å². The highest BCUT2D eigenvalue weighted by molar-refractivity contribution is 7.80. The molecule has 1 amide bonds. The molecule has 0 atom stereocenters. The number of hydrogen-bond donors (Lipinski definition) is 1. The van der Waals surface area contributed by atoms with Crippen LogP contribution in [0.5, 0.6) is 0 Å². The summed E-state index contributed by atoms with van der Waals surface area (Å²) in [4.78, 5) is 15.0. The summed E-state index contributed by atoms with van der Waals surface area (Å²) in [5, 5.41) is 0.500. The molecule has 0 unspecified atom stereocenters. The van der Waals surface area contributed by atoms with E-state index in [1.807, 2.05) is 11.9 Å². The van der Waals surface area contributed by atoms with Crippen LogP contribution in [0, 0.1) is 0 Å². The molecule has 98 valence electrons. The molecule has 18 heavy (non-hydrogen) atoms. The first-order valence-electron chi connectivity index (χ1n) is 6.35. The first-order chi connectivity index (χ1) is 8.59. The number of hydrogen-bond acceptors (Lipinski definition) is 2. The van der Waals surface area contributed by atoms with Crippen LogP contribution in [-0.2, 0) is 0 Å². The van der Waals surface area contributed by atoms with Crippen LogP contribution in [0.25, 0.3) is 0 Å². The molecular formula is C14H18ClNOS. The Labute approximate surface area is 119 Å². The Morgan fingerprint density at radius 1 is 1.33 bits per heavy atom. The van der Waals surface area contributed by atoms with Gasteiger partial charge in [0.15, 0.2) is 0 Å². The smallest absolute Gasteiger partial charge is 0.255 e. The number of amides is 1. The molecule has 0 aromatic heterocycles. The summed E-state index contributed by atoms with van der Waals surface area (Å²) in [6.07, 6.45) is 5.90. The molecule has 0 heterocycles. The number of carbonyl (C=O) groups is 1. The zero-order chi connectivity index (χ0) is 13.1. The van der Waals surface area contributed by atoms with E-state index < -0.39 is 0 Å². The van der Waals surface area contributed by atoms with Crippen molar-refractivity contribution in [2.75, 3.05) is 7.05 Å². The van der Waals surface area contributed by atoms with Crippen LogP contribution >= 0.6 is 24.2 Å². The second kappa shape index (κ2) is 5.98. The maximum absolute atomic E-state index is 12.4. The molecule has 1 aromatic carbocycles. The maximum Gasteiger partial charge on any atom is 0.255 e. The van der Waals surface area contributed by atoms with Gasteiger partial charge in [-0.3, -0.25) is 4.79 Å². The third-order valence-electron chi connectivity index (χ3n) is 3.62. The van der Waals surface area contributed by atoms with Crippen molar-refractivity contribution in [3.63, 3.8) is 0 Å². The Morgan fingerprint density at radius 2 is 2.00 bits per heavy atom. The minimum absolute atomic E-state index is 0.00259. The minimum Gasteiger partial charge on any atom is -0.339 e. The summed E-state index contributed by atoms with van der Waals surface area (Å²) in [7, 11) is 1.87. The van der Waals surface area contributed by atoms with Crippen molar-refractivity contribution in [2.24, 2.45) is 0 Å². The number of benzene rings is 1. The fraction of sp³-hybridized carbons (Fsp3) is 0.500. The van der Waals surface area contributed by atoms with Crippen LogP contribution in [0.2, 0.25) is 5.02 Å². The maximum atomic E-state index is 12.4. The second-order valence-corrected chi connectivity index (χ2v) is 5.80. The first-order valence-corrected chi connectivity index (χ1v) is 7.18. The van der Waals surface area contributed by atoms with Crippen LogP contribution in [0.15, 0.2) is 23.1 Å². The molecule has 1 fully saturated rings. The molecule has 1 aliphatic carbocycles. The largest absolute Gasteiger partial charge is 0.339 e. The van der Waals surface area contributed by atoms with Crippen LogP contribution in [0.4, 0.5) is 0 Å². The van der Waals surface area contributed by atoms with Gasteiger partial charge in [-0.15, -0.1) is 12.6 Å². The summed E-state index contributed by atoms with van der Waals surface area (Å²) >= 11 is 10.4. The van der Waals surface area contributed by atoms with Crippen molar-refractivity contribution in [3.8, 4) is 0 Å². The molecule has 2 rings (SSSR count). The molecule has 0 saturated heterocycles. The van der Waals surface area contributed by atoms with Gasteiger partial charge in [0.05, 0.1) is 10.6 Å². The lowest BCUT2D eigenvalue weighted by atomic mass is 9.94. The highest BCUT2D eigenvalue weighted by Gasteiger charge is 2.24. The molecule has 0 N–H and O–H groups in total. The van der Waals surface area contributed by atoms with Crippen molar-refractivity contribution in [1.82, 2.24) is 4.90 Å². The molecule has 1 aliphatic rings. The molecule has 2 nitrogen and oxygen atoms in total. The van der Waals surface area contributed by atoms with Gasteiger partial charge < -0.3 is 4.90 Å². The number of nitrogens with zero attached hydrogens (tertiary/aromatic N) is 1. The van der Waals surface area contributed by atoms with Gasteiger partial charge in [0.2, 0.25) is 0 Å². The van der Waals surface area contributed by atoms with Crippen molar-refractivity contribution in [3.05, 3.63) is 28.8 Å². The summed E-state index contributed by atoms with van der Waals surface area (Å²) in [5.41, 5.74) is 0.553. The molecule has 0 spiro atoms. The molecular weight excluding hydrogens is 266 g/mol. The monoisotopic (exact) mass is 283 g/mol. The summed E-state index contributed by atoms with van der Waals surface area (Å²) < 4.78 is 0. The average molecular weight is 284 g/mol. The molecule has 1 aromatic rings. The van der Waals surface area contributed by atoms with Crippen LogP contribution < -0.4 is 0 Å². The molecule has 4 heteroatoms. The van der Waals surface area contributed by atoms with Gasteiger partial charge in [-0.2, -0.15) is 0 Å². The van der Waals surface area contributed by atoms with E-state index in [0.717, 1.165) is 17.7 Å². The van der Waals surface area contributed by atoms with Gasteiger partial charge in [0.25, 0.3) is 5.91 Å². The molecule has 0 radical (unpaired) electrons. The lowest BCUT2D eigenvalue weighted by Gasteiger charge is -2.31. The number of rotatable bonds is 2. The Bertz CT molecular complexity index is 443. The highest BCUT2D eigenvalue weighted by Crippen LogP contribution is 2.26. The summed E-state index contributed by atoms with van der Waals surface area (Å²) in [6.45, 7) is 0. The third kappa shape index (κ3) is 3.01. The number of halogens is 1. The van der Waals surface area contributed by atoms with E-state index >= 15 is 0 Å². The van der Waals surface area contributed by atoms with Crippen LogP contribution in [0.3, 0.4) is 0 Å². The Morgan fingerprint density at radius 3 is 2.67 bits per heavy atom. The second-order valence-electron chi connectivity index (χ2n) is 4.87. The van der Waals surface area contributed by atoms with Gasteiger partial charge in [-0.1, -0.05) is 30.9 Å². The predicted molar refractivity (Wildman–Crippen MR) is 77.7 cm³/mol. The predicted octanol–water partition coefficient (Wildman–Crippen LogP) is 4.03. The zero-order valence-electron chi connectivity index (χ0n) is 10.5. The molecule has 1 saturated carbocycles. The molecule has 0 bridgehead atoms. The van der Waals surface area contributed by atoms with E-state index in [1.165, 1.54) is 19.3 Å². The fourth-order valence-electron chi connectivity index (χ4n) is 2.50. The lowest BCUT2D eigenvalue weighted by Crippen LogP contribution is -2.38. The van der Waals surface area contributed by atoms with Crippen LogP contribution in [-0.4, -0.2) is 23.9 Å². The van der Waals surface area contributed by atoms with Crippen molar-refractivity contribution in [1.29, 1.82) is 0 Å².